The second-order valence-electron chi connectivity index (χ2n) is 8.68. The van der Waals surface area contributed by atoms with Gasteiger partial charge in [0.1, 0.15) is 23.0 Å². The Kier molecular flexibility index (Phi) is 5.71. The molecule has 0 spiro atoms. The zero-order chi connectivity index (χ0) is 25.8. The highest BCUT2D eigenvalue weighted by Gasteiger charge is 2.31. The van der Waals surface area contributed by atoms with Gasteiger partial charge < -0.3 is 15.1 Å². The molecular weight excluding hydrogens is 488 g/mol. The molecule has 36 heavy (non-hydrogen) atoms. The number of furan rings is 1. The van der Waals surface area contributed by atoms with Gasteiger partial charge in [0.25, 0.3) is 5.91 Å². The summed E-state index contributed by atoms with van der Waals surface area (Å²) in [6, 6.07) is 8.44. The number of halogens is 2. The number of fused-ring (bicyclic) bond motifs is 2. The van der Waals surface area contributed by atoms with E-state index in [2.05, 4.69) is 10.6 Å². The van der Waals surface area contributed by atoms with Crippen molar-refractivity contribution < 1.29 is 26.4 Å². The molecule has 1 atom stereocenters. The summed E-state index contributed by atoms with van der Waals surface area (Å²) in [5.41, 5.74) is 2.72. The van der Waals surface area contributed by atoms with Crippen molar-refractivity contribution in [2.45, 2.75) is 12.5 Å². The van der Waals surface area contributed by atoms with Crippen molar-refractivity contribution in [3.8, 4) is 11.3 Å². The zero-order valence-electron chi connectivity index (χ0n) is 19.7. The minimum Gasteiger partial charge on any atom is -0.455 e. The molecule has 1 aliphatic carbocycles. The fraction of sp³-hybridized carbons (Fsp3) is 0.192. The molecule has 3 aromatic rings. The molecule has 0 radical (unpaired) electrons. The van der Waals surface area contributed by atoms with E-state index in [-0.39, 0.29) is 28.8 Å². The lowest BCUT2D eigenvalue weighted by atomic mass is 10.00. The molecule has 1 aliphatic heterocycles. The molecule has 2 aliphatic rings. The first-order chi connectivity index (χ1) is 17.1. The van der Waals surface area contributed by atoms with Crippen molar-refractivity contribution in [1.29, 1.82) is 0 Å². The highest BCUT2D eigenvalue weighted by Crippen LogP contribution is 2.41. The van der Waals surface area contributed by atoms with Gasteiger partial charge in [-0.15, -0.1) is 0 Å². The molecule has 0 fully saturated rings. The molecule has 186 valence electrons. The number of carbonyl (C=O) groups is 1. The number of rotatable bonds is 5. The highest BCUT2D eigenvalue weighted by atomic mass is 32.2. The fourth-order valence-corrected chi connectivity index (χ4v) is 4.99. The van der Waals surface area contributed by atoms with Gasteiger partial charge in [-0.05, 0) is 48.9 Å². The third kappa shape index (κ3) is 3.97. The average molecular weight is 512 g/mol. The van der Waals surface area contributed by atoms with E-state index in [0.29, 0.717) is 39.9 Å². The quantitative estimate of drug-likeness (QED) is 0.527. The van der Waals surface area contributed by atoms with Gasteiger partial charge in [0.05, 0.1) is 23.5 Å². The van der Waals surface area contributed by atoms with Gasteiger partial charge in [-0.25, -0.2) is 17.2 Å². The van der Waals surface area contributed by atoms with Crippen LogP contribution in [0.3, 0.4) is 0 Å². The van der Waals surface area contributed by atoms with Crippen LogP contribution >= 0.6 is 0 Å². The number of nitrogens with zero attached hydrogens (tertiary/aromatic N) is 1. The molecule has 10 heteroatoms. The standard InChI is InChI=1S/C26H23F2N3O4S/c1-29-26(32)24-18-11-17(21-12-16-19(28)5-4-6-20(16)30-21)22(31(2)36(3,33)34)13-23(18)35-25(24)14-7-9-15(27)10-8-14/h4-5,7-13,20,30H,6H2,1-3H3,(H,29,32). The lowest BCUT2D eigenvalue weighted by Gasteiger charge is -2.22. The van der Waals surface area contributed by atoms with Gasteiger partial charge in [-0.2, -0.15) is 0 Å². The molecule has 1 unspecified atom stereocenters. The van der Waals surface area contributed by atoms with Crippen LogP contribution in [0.2, 0.25) is 0 Å². The maximum Gasteiger partial charge on any atom is 0.255 e. The van der Waals surface area contributed by atoms with Crippen molar-refractivity contribution in [3.05, 3.63) is 83.0 Å². The molecule has 7 nitrogen and oxygen atoms in total. The maximum absolute atomic E-state index is 14.5. The number of hydrogen-bond donors (Lipinski definition) is 2. The fourth-order valence-electron chi connectivity index (χ4n) is 4.49. The van der Waals surface area contributed by atoms with E-state index in [1.165, 1.54) is 44.4 Å². The highest BCUT2D eigenvalue weighted by molar-refractivity contribution is 7.92. The van der Waals surface area contributed by atoms with E-state index in [1.807, 2.05) is 0 Å². The summed E-state index contributed by atoms with van der Waals surface area (Å²) >= 11 is 0. The number of amides is 1. The zero-order valence-corrected chi connectivity index (χ0v) is 20.5. The van der Waals surface area contributed by atoms with E-state index < -0.39 is 21.7 Å². The largest absolute Gasteiger partial charge is 0.455 e. The van der Waals surface area contributed by atoms with Crippen LogP contribution in [0.1, 0.15) is 22.3 Å². The molecule has 2 heterocycles. The van der Waals surface area contributed by atoms with Crippen LogP contribution in [0, 0.1) is 5.82 Å². The molecule has 2 N–H and O–H groups in total. The Labute approximate surface area is 206 Å². The number of carbonyl (C=O) groups excluding carboxylic acids is 1. The Bertz CT molecular complexity index is 1600. The smallest absolute Gasteiger partial charge is 0.255 e. The third-order valence-electron chi connectivity index (χ3n) is 6.41. The first kappa shape index (κ1) is 23.8. The second kappa shape index (κ2) is 8.63. The molecule has 0 saturated carbocycles. The van der Waals surface area contributed by atoms with E-state index in [4.69, 9.17) is 4.42 Å². The Morgan fingerprint density at radius 2 is 1.92 bits per heavy atom. The maximum atomic E-state index is 14.5. The van der Waals surface area contributed by atoms with Gasteiger partial charge >= 0.3 is 0 Å². The average Bonchev–Trinajstić information content (AvgIpc) is 3.44. The van der Waals surface area contributed by atoms with Crippen LogP contribution in [0.15, 0.2) is 70.4 Å². The summed E-state index contributed by atoms with van der Waals surface area (Å²) in [5.74, 6) is -1.01. The molecular formula is C26H23F2N3O4S. The predicted octanol–water partition coefficient (Wildman–Crippen LogP) is 4.49. The number of anilines is 1. The third-order valence-corrected chi connectivity index (χ3v) is 7.60. The van der Waals surface area contributed by atoms with Crippen molar-refractivity contribution in [2.24, 2.45) is 0 Å². The minimum atomic E-state index is -3.68. The molecule has 0 saturated heterocycles. The molecule has 1 amide bonds. The normalized spacial score (nSPS) is 17.1. The molecule has 1 aromatic heterocycles. The van der Waals surface area contributed by atoms with Gasteiger partial charge in [0, 0.05) is 47.9 Å². The van der Waals surface area contributed by atoms with Gasteiger partial charge in [0.15, 0.2) is 0 Å². The number of allylic oxidation sites excluding steroid dienone is 2. The molecule has 5 rings (SSSR count). The summed E-state index contributed by atoms with van der Waals surface area (Å²) in [6.07, 6.45) is 6.45. The summed E-state index contributed by atoms with van der Waals surface area (Å²) in [4.78, 5) is 13.0. The van der Waals surface area contributed by atoms with Crippen molar-refractivity contribution in [3.63, 3.8) is 0 Å². The number of sulfonamides is 1. The first-order valence-electron chi connectivity index (χ1n) is 11.2. The van der Waals surface area contributed by atoms with Crippen LogP contribution in [0.25, 0.3) is 28.0 Å². The summed E-state index contributed by atoms with van der Waals surface area (Å²) in [7, 11) is -0.784. The van der Waals surface area contributed by atoms with Gasteiger partial charge in [-0.3, -0.25) is 9.10 Å². The topological polar surface area (TPSA) is 91.7 Å². The Morgan fingerprint density at radius 1 is 1.19 bits per heavy atom. The Morgan fingerprint density at radius 3 is 2.56 bits per heavy atom. The van der Waals surface area contributed by atoms with E-state index >= 15 is 0 Å². The predicted molar refractivity (Wildman–Crippen MR) is 135 cm³/mol. The van der Waals surface area contributed by atoms with Crippen LogP contribution in [-0.4, -0.2) is 40.7 Å². The summed E-state index contributed by atoms with van der Waals surface area (Å²) in [6.45, 7) is 0. The van der Waals surface area contributed by atoms with E-state index in [0.717, 1.165) is 10.6 Å². The first-order valence-corrected chi connectivity index (χ1v) is 13.0. The van der Waals surface area contributed by atoms with Crippen LogP contribution in [-0.2, 0) is 10.0 Å². The molecule has 0 bridgehead atoms. The second-order valence-corrected chi connectivity index (χ2v) is 10.7. The lowest BCUT2D eigenvalue weighted by molar-refractivity contribution is 0.0964. The van der Waals surface area contributed by atoms with E-state index in [1.54, 1.807) is 24.3 Å². The number of nitrogens with one attached hydrogen (secondary N) is 2. The van der Waals surface area contributed by atoms with E-state index in [9.17, 15) is 22.0 Å². The van der Waals surface area contributed by atoms with Crippen molar-refractivity contribution in [1.82, 2.24) is 10.6 Å². The monoisotopic (exact) mass is 511 g/mol. The van der Waals surface area contributed by atoms with Crippen LogP contribution in [0.4, 0.5) is 14.5 Å². The van der Waals surface area contributed by atoms with Gasteiger partial charge in [-0.1, -0.05) is 6.08 Å². The van der Waals surface area contributed by atoms with Crippen LogP contribution in [0.5, 0.6) is 0 Å². The number of benzene rings is 2. The van der Waals surface area contributed by atoms with Crippen molar-refractivity contribution in [2.75, 3.05) is 24.7 Å². The summed E-state index contributed by atoms with van der Waals surface area (Å²) < 4.78 is 60.2. The SMILES string of the molecule is CNC(=O)c1c(-c2ccc(F)cc2)oc2cc(N(C)S(C)(=O)=O)c(C3=CC4=C(F)C=CCC4N3)cc12. The number of hydrogen-bond acceptors (Lipinski definition) is 5. The minimum absolute atomic E-state index is 0.217. The lowest BCUT2D eigenvalue weighted by Crippen LogP contribution is -2.28. The summed E-state index contributed by atoms with van der Waals surface area (Å²) in [5, 5.41) is 6.31. The Balaban J connectivity index is 1.79. The van der Waals surface area contributed by atoms with Crippen molar-refractivity contribution >= 4 is 38.3 Å². The van der Waals surface area contributed by atoms with Gasteiger partial charge in [0.2, 0.25) is 10.0 Å². The molecule has 2 aromatic carbocycles. The van der Waals surface area contributed by atoms with Crippen LogP contribution < -0.4 is 14.9 Å². The Hall–Kier alpha value is -3.92.